The molecule has 4 unspecified atom stereocenters. The van der Waals surface area contributed by atoms with Gasteiger partial charge in [-0.25, -0.2) is 0 Å². The lowest BCUT2D eigenvalue weighted by Gasteiger charge is -2.30. The van der Waals surface area contributed by atoms with E-state index in [0.29, 0.717) is 12.0 Å². The summed E-state index contributed by atoms with van der Waals surface area (Å²) in [7, 11) is -4.89. The molecule has 0 radical (unpaired) electrons. The molecule has 0 saturated heterocycles. The summed E-state index contributed by atoms with van der Waals surface area (Å²) in [5.41, 5.74) is 10.0. The first-order chi connectivity index (χ1) is 13.4. The Hall–Kier alpha value is -1.85. The van der Waals surface area contributed by atoms with Gasteiger partial charge in [0.15, 0.2) is 11.2 Å². The normalized spacial score (nSPS) is 17.2. The van der Waals surface area contributed by atoms with Crippen molar-refractivity contribution in [2.45, 2.75) is 51.3 Å². The van der Waals surface area contributed by atoms with Crippen molar-refractivity contribution in [3.8, 4) is 0 Å². The van der Waals surface area contributed by atoms with Crippen molar-refractivity contribution in [3.05, 3.63) is 35.9 Å². The average Bonchev–Trinajstić information content (AvgIpc) is 2.64. The first kappa shape index (κ1) is 25.2. The molecular weight excluding hydrogens is 400 g/mol. The van der Waals surface area contributed by atoms with Crippen molar-refractivity contribution >= 4 is 21.9 Å². The molecule has 29 heavy (non-hydrogen) atoms. The number of nitrogens with two attached hydrogens (primary N) is 2. The van der Waals surface area contributed by atoms with Crippen LogP contribution in [-0.4, -0.2) is 47.3 Å². The zero-order valence-corrected chi connectivity index (χ0v) is 17.6. The summed E-state index contributed by atoms with van der Waals surface area (Å²) in [4.78, 5) is 25.6. The molecule has 1 rings (SSSR count). The van der Waals surface area contributed by atoms with E-state index in [0.717, 1.165) is 0 Å². The largest absolute Gasteiger partial charge is 0.460 e. The van der Waals surface area contributed by atoms with Gasteiger partial charge in [-0.2, -0.15) is 8.42 Å². The molecule has 0 fully saturated rings. The van der Waals surface area contributed by atoms with E-state index in [1.807, 2.05) is 13.8 Å². The molecule has 0 amide bonds. The number of aliphatic hydroxyl groups is 1. The van der Waals surface area contributed by atoms with Crippen molar-refractivity contribution in [2.24, 2.45) is 29.2 Å². The lowest BCUT2D eigenvalue weighted by atomic mass is 9.81. The Morgan fingerprint density at radius 2 is 1.66 bits per heavy atom. The molecule has 164 valence electrons. The number of hydrogen-bond acceptors (Lipinski definition) is 8. The van der Waals surface area contributed by atoms with Crippen molar-refractivity contribution in [3.63, 3.8) is 0 Å². The van der Waals surface area contributed by atoms with Gasteiger partial charge in [0.05, 0.1) is 12.1 Å². The Kier molecular flexibility index (Phi) is 9.37. The summed E-state index contributed by atoms with van der Waals surface area (Å²) in [5.74, 6) is -4.19. The average molecular weight is 431 g/mol. The maximum atomic E-state index is 12.9. The number of hydrogen-bond donors (Lipinski definition) is 4. The number of esters is 1. The SMILES string of the molecule is CC(C)C[C@@H](N)C(=O)C(C(=O)OCc1ccccc1)C(C)C(N)C(O)S(=O)(=O)O. The number of aliphatic hydroxyl groups excluding tert-OH is 1. The van der Waals surface area contributed by atoms with Crippen LogP contribution in [-0.2, 0) is 31.1 Å². The van der Waals surface area contributed by atoms with Crippen LogP contribution in [0.1, 0.15) is 32.8 Å². The fourth-order valence-electron chi connectivity index (χ4n) is 2.94. The Morgan fingerprint density at radius 3 is 2.14 bits per heavy atom. The highest BCUT2D eigenvalue weighted by Crippen LogP contribution is 2.24. The number of carbonyl (C=O) groups is 2. The summed E-state index contributed by atoms with van der Waals surface area (Å²) in [6.45, 7) is 4.93. The number of ketones is 1. The van der Waals surface area contributed by atoms with Gasteiger partial charge in [-0.15, -0.1) is 0 Å². The topological polar surface area (TPSA) is 170 Å². The molecule has 5 atom stereocenters. The third-order valence-corrected chi connectivity index (χ3v) is 5.57. The predicted molar refractivity (Wildman–Crippen MR) is 107 cm³/mol. The predicted octanol–water partition coefficient (Wildman–Crippen LogP) is 0.458. The van der Waals surface area contributed by atoms with Crippen LogP contribution < -0.4 is 11.5 Å². The van der Waals surface area contributed by atoms with Gasteiger partial charge in [-0.05, 0) is 23.8 Å². The molecule has 0 aliphatic carbocycles. The fraction of sp³-hybridized carbons (Fsp3) is 0.579. The third-order valence-electron chi connectivity index (χ3n) is 4.64. The van der Waals surface area contributed by atoms with E-state index < -0.39 is 51.2 Å². The lowest BCUT2D eigenvalue weighted by molar-refractivity contribution is -0.156. The minimum absolute atomic E-state index is 0.0716. The molecule has 1 aromatic rings. The van der Waals surface area contributed by atoms with Gasteiger partial charge in [0.1, 0.15) is 12.5 Å². The zero-order chi connectivity index (χ0) is 22.4. The quantitative estimate of drug-likeness (QED) is 0.221. The minimum Gasteiger partial charge on any atom is -0.460 e. The summed E-state index contributed by atoms with van der Waals surface area (Å²) in [6, 6.07) is 6.14. The van der Waals surface area contributed by atoms with Crippen LogP contribution in [0, 0.1) is 17.8 Å². The Labute approximate surface area is 171 Å². The molecule has 1 aromatic carbocycles. The molecular formula is C19H30N2O7S. The van der Waals surface area contributed by atoms with Crippen molar-refractivity contribution in [1.82, 2.24) is 0 Å². The highest BCUT2D eigenvalue weighted by atomic mass is 32.2. The smallest absolute Gasteiger partial charge is 0.317 e. The summed E-state index contributed by atoms with van der Waals surface area (Å²) in [6.07, 6.45) is 0.296. The second-order valence-corrected chi connectivity index (χ2v) is 9.06. The van der Waals surface area contributed by atoms with Crippen LogP contribution in [0.5, 0.6) is 0 Å². The van der Waals surface area contributed by atoms with E-state index in [4.69, 9.17) is 20.8 Å². The monoisotopic (exact) mass is 430 g/mol. The number of benzene rings is 1. The van der Waals surface area contributed by atoms with Gasteiger partial charge in [0.25, 0.3) is 10.1 Å². The second kappa shape index (κ2) is 10.8. The molecule has 0 spiro atoms. The van der Waals surface area contributed by atoms with Crippen LogP contribution in [0.25, 0.3) is 0 Å². The van der Waals surface area contributed by atoms with Crippen LogP contribution in [0.2, 0.25) is 0 Å². The first-order valence-electron chi connectivity index (χ1n) is 9.26. The summed E-state index contributed by atoms with van der Waals surface area (Å²) >= 11 is 0. The molecule has 0 aliphatic heterocycles. The van der Waals surface area contributed by atoms with Crippen molar-refractivity contribution in [1.29, 1.82) is 0 Å². The lowest BCUT2D eigenvalue weighted by Crippen LogP contribution is -2.52. The van der Waals surface area contributed by atoms with Crippen molar-refractivity contribution < 1.29 is 32.4 Å². The van der Waals surface area contributed by atoms with Gasteiger partial charge in [0.2, 0.25) is 0 Å². The molecule has 6 N–H and O–H groups in total. The second-order valence-electron chi connectivity index (χ2n) is 7.55. The van der Waals surface area contributed by atoms with Crippen LogP contribution >= 0.6 is 0 Å². The van der Waals surface area contributed by atoms with Gasteiger partial charge in [-0.3, -0.25) is 14.1 Å². The maximum Gasteiger partial charge on any atom is 0.317 e. The summed E-state index contributed by atoms with van der Waals surface area (Å²) in [5, 5.41) is 9.77. The highest BCUT2D eigenvalue weighted by molar-refractivity contribution is 7.86. The maximum absolute atomic E-state index is 12.9. The molecule has 0 aliphatic rings. The number of carbonyl (C=O) groups excluding carboxylic acids is 2. The molecule has 0 bridgehead atoms. The van der Waals surface area contributed by atoms with E-state index in [2.05, 4.69) is 0 Å². The minimum atomic E-state index is -4.89. The Bertz CT molecular complexity index is 783. The fourth-order valence-corrected chi connectivity index (χ4v) is 3.59. The molecule has 0 aromatic heterocycles. The number of Topliss-reactive ketones (excluding diaryl/α,β-unsaturated/α-hetero) is 1. The zero-order valence-electron chi connectivity index (χ0n) is 16.8. The van der Waals surface area contributed by atoms with Crippen LogP contribution in [0.15, 0.2) is 30.3 Å². The van der Waals surface area contributed by atoms with E-state index >= 15 is 0 Å². The van der Waals surface area contributed by atoms with Gasteiger partial charge < -0.3 is 21.3 Å². The van der Waals surface area contributed by atoms with Crippen LogP contribution in [0.3, 0.4) is 0 Å². The number of ether oxygens (including phenoxy) is 1. The van der Waals surface area contributed by atoms with Gasteiger partial charge >= 0.3 is 5.97 Å². The first-order valence-corrected chi connectivity index (χ1v) is 10.8. The molecule has 0 heterocycles. The number of rotatable bonds is 11. The highest BCUT2D eigenvalue weighted by Gasteiger charge is 2.43. The molecule has 9 nitrogen and oxygen atoms in total. The standard InChI is InChI=1S/C19H30N2O7S/c1-11(2)9-14(20)17(22)15(12(3)16(21)19(24)29(25,26)27)18(23)28-10-13-7-5-4-6-8-13/h4-8,11-12,14-16,19,24H,9-10,20-21H2,1-3H3,(H,25,26,27)/t12?,14-,15?,16?,19?/m1/s1. The van der Waals surface area contributed by atoms with E-state index in [1.165, 1.54) is 6.92 Å². The van der Waals surface area contributed by atoms with Gasteiger partial charge in [0, 0.05) is 0 Å². The van der Waals surface area contributed by atoms with E-state index in [-0.39, 0.29) is 12.5 Å². The van der Waals surface area contributed by atoms with E-state index in [1.54, 1.807) is 30.3 Å². The van der Waals surface area contributed by atoms with Gasteiger partial charge in [-0.1, -0.05) is 51.1 Å². The van der Waals surface area contributed by atoms with Crippen LogP contribution in [0.4, 0.5) is 0 Å². The molecule has 0 saturated carbocycles. The Balaban J connectivity index is 3.09. The molecule has 10 heteroatoms. The third kappa shape index (κ3) is 7.48. The van der Waals surface area contributed by atoms with Crippen molar-refractivity contribution in [2.75, 3.05) is 0 Å². The Morgan fingerprint density at radius 1 is 1.10 bits per heavy atom. The van der Waals surface area contributed by atoms with E-state index in [9.17, 15) is 23.1 Å². The summed E-state index contributed by atoms with van der Waals surface area (Å²) < 4.78 is 36.8.